The first-order valence-electron chi connectivity index (χ1n) is 10.8. The second-order valence-electron chi connectivity index (χ2n) is 7.42. The molecule has 2 amide bonds. The number of hydrogen-bond donors (Lipinski definition) is 2. The van der Waals surface area contributed by atoms with Crippen LogP contribution in [-0.4, -0.2) is 44.8 Å². The van der Waals surface area contributed by atoms with Crippen molar-refractivity contribution in [2.45, 2.75) is 6.92 Å². The summed E-state index contributed by atoms with van der Waals surface area (Å²) >= 11 is 5.94. The number of ether oxygens (including phenoxy) is 4. The van der Waals surface area contributed by atoms with Crippen LogP contribution in [0.3, 0.4) is 0 Å². The van der Waals surface area contributed by atoms with E-state index in [2.05, 4.69) is 15.8 Å². The molecule has 37 heavy (non-hydrogen) atoms. The molecule has 0 aliphatic rings. The van der Waals surface area contributed by atoms with Crippen LogP contribution >= 0.6 is 11.6 Å². The minimum absolute atomic E-state index is 0.186. The van der Waals surface area contributed by atoms with Gasteiger partial charge in [0.15, 0.2) is 11.5 Å². The molecule has 3 aromatic carbocycles. The largest absolute Gasteiger partial charge is 0.497 e. The van der Waals surface area contributed by atoms with E-state index in [-0.39, 0.29) is 17.2 Å². The van der Waals surface area contributed by atoms with Crippen LogP contribution in [0.1, 0.15) is 22.8 Å². The second kappa shape index (κ2) is 12.4. The lowest BCUT2D eigenvalue weighted by Crippen LogP contribution is -2.33. The van der Waals surface area contributed by atoms with Gasteiger partial charge in [-0.25, -0.2) is 10.2 Å². The van der Waals surface area contributed by atoms with Gasteiger partial charge in [0.1, 0.15) is 11.5 Å². The van der Waals surface area contributed by atoms with Gasteiger partial charge in [-0.05, 0) is 61.5 Å². The Morgan fingerprint density at radius 1 is 0.784 bits per heavy atom. The van der Waals surface area contributed by atoms with Crippen molar-refractivity contribution >= 4 is 40.8 Å². The number of amides is 2. The van der Waals surface area contributed by atoms with Gasteiger partial charge in [0.05, 0.1) is 38.3 Å². The van der Waals surface area contributed by atoms with E-state index in [1.807, 2.05) is 0 Å². The molecule has 3 aromatic rings. The minimum Gasteiger partial charge on any atom is -0.497 e. The summed E-state index contributed by atoms with van der Waals surface area (Å²) in [6.07, 6.45) is 0. The maximum atomic E-state index is 12.5. The van der Waals surface area contributed by atoms with Crippen molar-refractivity contribution in [1.29, 1.82) is 0 Å². The van der Waals surface area contributed by atoms with E-state index < -0.39 is 17.8 Å². The molecule has 3 rings (SSSR count). The molecule has 0 heterocycles. The summed E-state index contributed by atoms with van der Waals surface area (Å²) < 4.78 is 21.1. The first-order chi connectivity index (χ1) is 17.7. The molecule has 0 bridgehead atoms. The average Bonchev–Trinajstić information content (AvgIpc) is 2.91. The fourth-order valence-electron chi connectivity index (χ4n) is 3.09. The molecule has 0 unspecified atom stereocenters. The lowest BCUT2D eigenvalue weighted by atomic mass is 10.1. The fourth-order valence-corrected chi connectivity index (χ4v) is 3.26. The van der Waals surface area contributed by atoms with Gasteiger partial charge in [-0.2, -0.15) is 5.10 Å². The highest BCUT2D eigenvalue weighted by atomic mass is 35.5. The molecule has 2 N–H and O–H groups in total. The van der Waals surface area contributed by atoms with Crippen molar-refractivity contribution in [3.63, 3.8) is 0 Å². The van der Waals surface area contributed by atoms with Gasteiger partial charge in [0.25, 0.3) is 0 Å². The Morgan fingerprint density at radius 2 is 1.51 bits per heavy atom. The summed E-state index contributed by atoms with van der Waals surface area (Å²) in [6, 6.07) is 15.9. The van der Waals surface area contributed by atoms with E-state index in [4.69, 9.17) is 30.5 Å². The third-order valence-electron chi connectivity index (χ3n) is 5.03. The van der Waals surface area contributed by atoms with Crippen LogP contribution in [0.15, 0.2) is 65.8 Å². The number of nitrogens with zero attached hydrogens (tertiary/aromatic N) is 1. The van der Waals surface area contributed by atoms with Crippen LogP contribution in [0.25, 0.3) is 0 Å². The maximum absolute atomic E-state index is 12.5. The smallest absolute Gasteiger partial charge is 0.343 e. The van der Waals surface area contributed by atoms with Gasteiger partial charge in [0.2, 0.25) is 0 Å². The zero-order valence-corrected chi connectivity index (χ0v) is 21.2. The average molecular weight is 526 g/mol. The first kappa shape index (κ1) is 27.0. The zero-order valence-electron chi connectivity index (χ0n) is 20.5. The summed E-state index contributed by atoms with van der Waals surface area (Å²) in [5.74, 6) is -1.25. The number of halogens is 1. The van der Waals surface area contributed by atoms with E-state index in [9.17, 15) is 14.4 Å². The molecule has 10 nitrogen and oxygen atoms in total. The third kappa shape index (κ3) is 6.98. The summed E-state index contributed by atoms with van der Waals surface area (Å²) in [6.45, 7) is 1.62. The number of rotatable bonds is 8. The number of benzene rings is 3. The van der Waals surface area contributed by atoms with Gasteiger partial charge >= 0.3 is 17.8 Å². The number of hydrazone groups is 1. The van der Waals surface area contributed by atoms with E-state index >= 15 is 0 Å². The standard InChI is InChI=1S/C26H24ClN3O7/c1-15(29-30-25(32)24(31)28-20-14-18(27)9-11-21(20)35-3)16-8-10-22(23(13-16)36-4)37-26(33)17-6-5-7-19(12-17)34-2/h5-14H,1-4H3,(H,28,31)(H,30,32)/b29-15+. The van der Waals surface area contributed by atoms with Crippen LogP contribution < -0.4 is 29.7 Å². The molecule has 0 atom stereocenters. The van der Waals surface area contributed by atoms with Crippen molar-refractivity contribution in [3.05, 3.63) is 76.8 Å². The van der Waals surface area contributed by atoms with Crippen LogP contribution in [0, 0.1) is 0 Å². The molecular weight excluding hydrogens is 502 g/mol. The van der Waals surface area contributed by atoms with Crippen molar-refractivity contribution in [1.82, 2.24) is 5.43 Å². The summed E-state index contributed by atoms with van der Waals surface area (Å²) in [4.78, 5) is 37.1. The SMILES string of the molecule is COc1cccc(C(=O)Oc2ccc(/C(C)=N/NC(=O)C(=O)Nc3cc(Cl)ccc3OC)cc2OC)c1. The maximum Gasteiger partial charge on any atom is 0.343 e. The molecule has 0 fully saturated rings. The van der Waals surface area contributed by atoms with E-state index in [0.717, 1.165) is 0 Å². The van der Waals surface area contributed by atoms with Crippen LogP contribution in [0.4, 0.5) is 5.69 Å². The third-order valence-corrected chi connectivity index (χ3v) is 5.27. The van der Waals surface area contributed by atoms with E-state index in [0.29, 0.717) is 33.4 Å². The lowest BCUT2D eigenvalue weighted by Gasteiger charge is -2.12. The highest BCUT2D eigenvalue weighted by molar-refractivity contribution is 6.40. The molecule has 0 aromatic heterocycles. The molecular formula is C26H24ClN3O7. The van der Waals surface area contributed by atoms with Crippen LogP contribution in [0.2, 0.25) is 5.02 Å². The van der Waals surface area contributed by atoms with E-state index in [1.165, 1.54) is 33.5 Å². The molecule has 0 saturated heterocycles. The monoisotopic (exact) mass is 525 g/mol. The zero-order chi connectivity index (χ0) is 26.9. The van der Waals surface area contributed by atoms with E-state index in [1.54, 1.807) is 55.5 Å². The van der Waals surface area contributed by atoms with Gasteiger partial charge in [0, 0.05) is 10.6 Å². The number of anilines is 1. The highest BCUT2D eigenvalue weighted by Gasteiger charge is 2.17. The first-order valence-corrected chi connectivity index (χ1v) is 11.2. The van der Waals surface area contributed by atoms with Crippen molar-refractivity contribution in [2.24, 2.45) is 5.10 Å². The summed E-state index contributed by atoms with van der Waals surface area (Å²) in [5, 5.41) is 6.75. The predicted molar refractivity (Wildman–Crippen MR) is 138 cm³/mol. The molecule has 0 aliphatic carbocycles. The normalized spacial score (nSPS) is 10.8. The Hall–Kier alpha value is -4.57. The Bertz CT molecular complexity index is 1360. The molecule has 0 radical (unpaired) electrons. The Labute approximate surface area is 218 Å². The van der Waals surface area contributed by atoms with Crippen molar-refractivity contribution in [3.8, 4) is 23.0 Å². The number of hydrogen-bond acceptors (Lipinski definition) is 8. The second-order valence-corrected chi connectivity index (χ2v) is 7.86. The van der Waals surface area contributed by atoms with Crippen molar-refractivity contribution < 1.29 is 33.3 Å². The fraction of sp³-hybridized carbons (Fsp3) is 0.154. The molecule has 0 aliphatic heterocycles. The number of carbonyl (C=O) groups is 3. The van der Waals surface area contributed by atoms with Crippen LogP contribution in [0.5, 0.6) is 23.0 Å². The van der Waals surface area contributed by atoms with Crippen LogP contribution in [-0.2, 0) is 9.59 Å². The number of esters is 1. The topological polar surface area (TPSA) is 125 Å². The molecule has 11 heteroatoms. The summed E-state index contributed by atoms with van der Waals surface area (Å²) in [5.41, 5.74) is 3.65. The number of methoxy groups -OCH3 is 3. The Kier molecular flexibility index (Phi) is 9.06. The highest BCUT2D eigenvalue weighted by Crippen LogP contribution is 2.30. The number of nitrogens with one attached hydrogen (secondary N) is 2. The van der Waals surface area contributed by atoms with Crippen molar-refractivity contribution in [2.75, 3.05) is 26.6 Å². The lowest BCUT2D eigenvalue weighted by molar-refractivity contribution is -0.136. The summed E-state index contributed by atoms with van der Waals surface area (Å²) in [7, 11) is 4.35. The predicted octanol–water partition coefficient (Wildman–Crippen LogP) is 4.06. The van der Waals surface area contributed by atoms with Gasteiger partial charge in [-0.3, -0.25) is 9.59 Å². The quantitative estimate of drug-likeness (QED) is 0.149. The van der Waals surface area contributed by atoms with Gasteiger partial charge in [-0.15, -0.1) is 0 Å². The van der Waals surface area contributed by atoms with Gasteiger partial charge < -0.3 is 24.3 Å². The molecule has 192 valence electrons. The molecule has 0 saturated carbocycles. The minimum atomic E-state index is -1.00. The Balaban J connectivity index is 1.68. The number of carbonyl (C=O) groups excluding carboxylic acids is 3. The van der Waals surface area contributed by atoms with Gasteiger partial charge in [-0.1, -0.05) is 17.7 Å². The molecule has 0 spiro atoms. The Morgan fingerprint density at radius 3 is 2.22 bits per heavy atom.